The highest BCUT2D eigenvalue weighted by Crippen LogP contribution is 2.25. The summed E-state index contributed by atoms with van der Waals surface area (Å²) in [5.41, 5.74) is 0.881. The monoisotopic (exact) mass is 205 g/mol. The standard InChI is InChI=1S/C12H13O3/c1-8-12(14)10(13)7-11(15-8)9-5-3-2-4-6-9/h3-8,10,12-14H,1H3/t8-,10-,12-/m0/s1. The van der Waals surface area contributed by atoms with Crippen LogP contribution in [0.5, 0.6) is 0 Å². The fourth-order valence-corrected chi connectivity index (χ4v) is 1.56. The summed E-state index contributed by atoms with van der Waals surface area (Å²) >= 11 is 0. The number of aliphatic hydroxyl groups is 2. The van der Waals surface area contributed by atoms with Crippen molar-refractivity contribution in [3.05, 3.63) is 42.0 Å². The molecule has 0 spiro atoms. The number of ether oxygens (including phenoxy) is 1. The minimum atomic E-state index is -0.868. The zero-order chi connectivity index (χ0) is 10.8. The van der Waals surface area contributed by atoms with E-state index in [4.69, 9.17) is 4.74 Å². The first kappa shape index (κ1) is 10.2. The third kappa shape index (κ3) is 2.03. The van der Waals surface area contributed by atoms with Crippen LogP contribution in [0.3, 0.4) is 0 Å². The third-order valence-electron chi connectivity index (χ3n) is 2.47. The molecule has 3 nitrogen and oxygen atoms in total. The molecule has 0 saturated carbocycles. The molecule has 1 aliphatic rings. The Morgan fingerprint density at radius 2 is 1.93 bits per heavy atom. The van der Waals surface area contributed by atoms with E-state index >= 15 is 0 Å². The molecular formula is C12H13O3. The van der Waals surface area contributed by atoms with Gasteiger partial charge in [-0.05, 0) is 19.1 Å². The van der Waals surface area contributed by atoms with Crippen LogP contribution >= 0.6 is 0 Å². The van der Waals surface area contributed by atoms with Crippen molar-refractivity contribution in [2.24, 2.45) is 0 Å². The second kappa shape index (κ2) is 4.04. The zero-order valence-corrected chi connectivity index (χ0v) is 8.42. The summed E-state index contributed by atoms with van der Waals surface area (Å²) in [6, 6.07) is 10.2. The average Bonchev–Trinajstić information content (AvgIpc) is 2.26. The van der Waals surface area contributed by atoms with Gasteiger partial charge in [0.25, 0.3) is 0 Å². The number of aliphatic hydroxyl groups excluding tert-OH is 2. The summed E-state index contributed by atoms with van der Waals surface area (Å²) in [5.74, 6) is 0.606. The van der Waals surface area contributed by atoms with Gasteiger partial charge < -0.3 is 14.9 Å². The van der Waals surface area contributed by atoms with E-state index < -0.39 is 18.3 Å². The van der Waals surface area contributed by atoms with Gasteiger partial charge in [0.05, 0.1) is 0 Å². The molecule has 1 heterocycles. The van der Waals surface area contributed by atoms with Gasteiger partial charge in [-0.15, -0.1) is 0 Å². The topological polar surface area (TPSA) is 49.7 Å². The molecule has 0 aromatic heterocycles. The lowest BCUT2D eigenvalue weighted by Crippen LogP contribution is -2.39. The van der Waals surface area contributed by atoms with Crippen LogP contribution in [0.1, 0.15) is 12.5 Å². The van der Waals surface area contributed by atoms with Gasteiger partial charge in [-0.25, -0.2) is 0 Å². The van der Waals surface area contributed by atoms with Crippen molar-refractivity contribution in [3.8, 4) is 0 Å². The van der Waals surface area contributed by atoms with Crippen LogP contribution in [0.25, 0.3) is 5.76 Å². The van der Waals surface area contributed by atoms with E-state index in [1.165, 1.54) is 6.08 Å². The van der Waals surface area contributed by atoms with Crippen LogP contribution < -0.4 is 0 Å². The fourth-order valence-electron chi connectivity index (χ4n) is 1.56. The van der Waals surface area contributed by atoms with Crippen molar-refractivity contribution in [1.82, 2.24) is 0 Å². The molecule has 1 aliphatic heterocycles. The Morgan fingerprint density at radius 3 is 2.53 bits per heavy atom. The first-order valence-electron chi connectivity index (χ1n) is 4.89. The highest BCUT2D eigenvalue weighted by atomic mass is 16.5. The smallest absolute Gasteiger partial charge is 0.125 e. The minimum Gasteiger partial charge on any atom is -0.488 e. The summed E-state index contributed by atoms with van der Waals surface area (Å²) in [7, 11) is 0. The normalized spacial score (nSPS) is 30.6. The first-order valence-corrected chi connectivity index (χ1v) is 4.89. The number of benzene rings is 1. The Bertz CT molecular complexity index is 358. The highest BCUT2D eigenvalue weighted by molar-refractivity contribution is 5.61. The van der Waals surface area contributed by atoms with Crippen LogP contribution in [-0.2, 0) is 4.74 Å². The largest absolute Gasteiger partial charge is 0.488 e. The molecule has 79 valence electrons. The molecule has 3 heteroatoms. The van der Waals surface area contributed by atoms with Crippen molar-refractivity contribution in [2.75, 3.05) is 0 Å². The molecule has 3 atom stereocenters. The second-order valence-corrected chi connectivity index (χ2v) is 3.62. The van der Waals surface area contributed by atoms with Gasteiger partial charge in [0.2, 0.25) is 0 Å². The molecule has 2 N–H and O–H groups in total. The number of hydrogen-bond donors (Lipinski definition) is 2. The van der Waals surface area contributed by atoms with Gasteiger partial charge in [0.15, 0.2) is 0 Å². The lowest BCUT2D eigenvalue weighted by molar-refractivity contribution is -0.0456. The van der Waals surface area contributed by atoms with Crippen LogP contribution in [0.2, 0.25) is 0 Å². The third-order valence-corrected chi connectivity index (χ3v) is 2.47. The van der Waals surface area contributed by atoms with E-state index in [9.17, 15) is 10.2 Å². The van der Waals surface area contributed by atoms with Crippen LogP contribution in [0.4, 0.5) is 0 Å². The summed E-state index contributed by atoms with van der Waals surface area (Å²) in [4.78, 5) is 0. The second-order valence-electron chi connectivity index (χ2n) is 3.62. The van der Waals surface area contributed by atoms with Crippen molar-refractivity contribution in [1.29, 1.82) is 0 Å². The summed E-state index contributed by atoms with van der Waals surface area (Å²) in [6.07, 6.45) is -0.596. The molecule has 2 rings (SSSR count). The van der Waals surface area contributed by atoms with Gasteiger partial charge in [0.1, 0.15) is 24.1 Å². The summed E-state index contributed by atoms with van der Waals surface area (Å²) < 4.78 is 5.49. The molecule has 1 aromatic carbocycles. The highest BCUT2D eigenvalue weighted by Gasteiger charge is 2.29. The van der Waals surface area contributed by atoms with E-state index in [0.29, 0.717) is 5.76 Å². The van der Waals surface area contributed by atoms with Gasteiger partial charge in [0, 0.05) is 5.56 Å². The molecule has 0 unspecified atom stereocenters. The van der Waals surface area contributed by atoms with E-state index in [0.717, 1.165) is 5.56 Å². The van der Waals surface area contributed by atoms with Crippen LogP contribution in [0, 0.1) is 6.07 Å². The van der Waals surface area contributed by atoms with Crippen molar-refractivity contribution in [2.45, 2.75) is 25.2 Å². The summed E-state index contributed by atoms with van der Waals surface area (Å²) in [5, 5.41) is 19.1. The Hall–Kier alpha value is -1.32. The van der Waals surface area contributed by atoms with Crippen molar-refractivity contribution >= 4 is 5.76 Å². The van der Waals surface area contributed by atoms with Gasteiger partial charge in [-0.3, -0.25) is 0 Å². The molecule has 0 amide bonds. The Kier molecular flexibility index (Phi) is 2.75. The lowest BCUT2D eigenvalue weighted by atomic mass is 10.0. The van der Waals surface area contributed by atoms with Crippen molar-refractivity contribution in [3.63, 3.8) is 0 Å². The van der Waals surface area contributed by atoms with Crippen LogP contribution in [-0.4, -0.2) is 28.5 Å². The van der Waals surface area contributed by atoms with Gasteiger partial charge in [-0.2, -0.15) is 0 Å². The van der Waals surface area contributed by atoms with E-state index in [1.54, 1.807) is 19.1 Å². The fraction of sp³-hybridized carbons (Fsp3) is 0.333. The molecule has 15 heavy (non-hydrogen) atoms. The number of rotatable bonds is 1. The molecular weight excluding hydrogens is 192 g/mol. The molecule has 0 fully saturated rings. The zero-order valence-electron chi connectivity index (χ0n) is 8.42. The average molecular weight is 205 g/mol. The van der Waals surface area contributed by atoms with E-state index in [-0.39, 0.29) is 0 Å². The molecule has 1 radical (unpaired) electrons. The maximum Gasteiger partial charge on any atom is 0.125 e. The number of hydrogen-bond acceptors (Lipinski definition) is 3. The predicted octanol–water partition coefficient (Wildman–Crippen LogP) is 0.968. The van der Waals surface area contributed by atoms with E-state index in [1.807, 2.05) is 12.1 Å². The molecule has 0 bridgehead atoms. The molecule has 1 aromatic rings. The predicted molar refractivity (Wildman–Crippen MR) is 55.8 cm³/mol. The molecule has 0 saturated heterocycles. The Balaban J connectivity index is 2.28. The van der Waals surface area contributed by atoms with Crippen LogP contribution in [0.15, 0.2) is 30.3 Å². The maximum absolute atomic E-state index is 9.57. The SMILES string of the molecule is C[C@@H]1OC(c2cc[c]cc2)=C[C@H](O)[C@H]1O. The summed E-state index contributed by atoms with van der Waals surface area (Å²) in [6.45, 7) is 1.73. The Morgan fingerprint density at radius 1 is 1.27 bits per heavy atom. The minimum absolute atomic E-state index is 0.399. The maximum atomic E-state index is 9.57. The van der Waals surface area contributed by atoms with Gasteiger partial charge >= 0.3 is 0 Å². The van der Waals surface area contributed by atoms with Crippen molar-refractivity contribution < 1.29 is 14.9 Å². The van der Waals surface area contributed by atoms with Gasteiger partial charge in [-0.1, -0.05) is 24.3 Å². The lowest BCUT2D eigenvalue weighted by Gasteiger charge is -2.29. The van der Waals surface area contributed by atoms with E-state index in [2.05, 4.69) is 6.07 Å². The quantitative estimate of drug-likeness (QED) is 0.718. The Labute approximate surface area is 88.6 Å². The molecule has 0 aliphatic carbocycles. The first-order chi connectivity index (χ1) is 7.18.